The van der Waals surface area contributed by atoms with Crippen LogP contribution in [0.5, 0.6) is 6.01 Å². The van der Waals surface area contributed by atoms with Gasteiger partial charge >= 0.3 is 12.0 Å². The molecular formula is C13H18ClN3O3. The van der Waals surface area contributed by atoms with E-state index in [1.54, 1.807) is 0 Å². The fourth-order valence-electron chi connectivity index (χ4n) is 2.38. The second kappa shape index (κ2) is 6.74. The minimum absolute atomic E-state index is 0.00783. The fraction of sp³-hybridized carbons (Fsp3) is 0.615. The molecule has 7 heteroatoms. The van der Waals surface area contributed by atoms with Crippen LogP contribution < -0.4 is 10.1 Å². The molecule has 0 amide bonds. The molecule has 1 fully saturated rings. The molecule has 0 aromatic carbocycles. The summed E-state index contributed by atoms with van der Waals surface area (Å²) in [5.74, 6) is 0.457. The van der Waals surface area contributed by atoms with Gasteiger partial charge in [0.05, 0.1) is 26.3 Å². The van der Waals surface area contributed by atoms with Gasteiger partial charge in [0.25, 0.3) is 0 Å². The Kier molecular flexibility index (Phi) is 5.00. The molecule has 1 heterocycles. The van der Waals surface area contributed by atoms with E-state index >= 15 is 0 Å². The number of carbonyl (C=O) groups excluding carboxylic acids is 1. The maximum absolute atomic E-state index is 11.5. The Balaban J connectivity index is 1.94. The van der Waals surface area contributed by atoms with E-state index in [2.05, 4.69) is 15.3 Å². The molecule has 0 radical (unpaired) electrons. The third-order valence-corrected chi connectivity index (χ3v) is 3.78. The SMILES string of the molecule is COC(=O)C1CCC(Nc2nc(OC)ncc2Cl)CC1. The largest absolute Gasteiger partial charge is 0.469 e. The summed E-state index contributed by atoms with van der Waals surface area (Å²) < 4.78 is 9.76. The molecule has 0 aliphatic heterocycles. The van der Waals surface area contributed by atoms with Crippen molar-refractivity contribution in [2.24, 2.45) is 5.92 Å². The highest BCUT2D eigenvalue weighted by molar-refractivity contribution is 6.32. The number of hydrogen-bond donors (Lipinski definition) is 1. The zero-order valence-corrected chi connectivity index (χ0v) is 12.3. The van der Waals surface area contributed by atoms with Gasteiger partial charge in [0.1, 0.15) is 5.02 Å². The molecule has 1 N–H and O–H groups in total. The molecule has 1 saturated carbocycles. The number of carbonyl (C=O) groups is 1. The Morgan fingerprint density at radius 3 is 2.65 bits per heavy atom. The van der Waals surface area contributed by atoms with Crippen LogP contribution in [0, 0.1) is 5.92 Å². The zero-order chi connectivity index (χ0) is 14.5. The first-order valence-corrected chi connectivity index (χ1v) is 6.92. The van der Waals surface area contributed by atoms with Gasteiger partial charge in [-0.2, -0.15) is 4.98 Å². The summed E-state index contributed by atoms with van der Waals surface area (Å²) in [4.78, 5) is 19.6. The zero-order valence-electron chi connectivity index (χ0n) is 11.6. The van der Waals surface area contributed by atoms with Gasteiger partial charge in [-0.05, 0) is 25.7 Å². The van der Waals surface area contributed by atoms with Crippen LogP contribution in [0.15, 0.2) is 6.20 Å². The number of aromatic nitrogens is 2. The standard InChI is InChI=1S/C13H18ClN3O3/c1-19-12(18)8-3-5-9(6-4-8)16-11-10(14)7-15-13(17-11)20-2/h7-9H,3-6H2,1-2H3,(H,15,16,17). The number of methoxy groups -OCH3 is 2. The Morgan fingerprint density at radius 1 is 1.35 bits per heavy atom. The van der Waals surface area contributed by atoms with E-state index in [0.717, 1.165) is 25.7 Å². The van der Waals surface area contributed by atoms with Crippen molar-refractivity contribution in [2.75, 3.05) is 19.5 Å². The first-order chi connectivity index (χ1) is 9.63. The number of esters is 1. The fourth-order valence-corrected chi connectivity index (χ4v) is 2.53. The van der Waals surface area contributed by atoms with Gasteiger partial charge in [-0.3, -0.25) is 4.79 Å². The average molecular weight is 300 g/mol. The van der Waals surface area contributed by atoms with Crippen molar-refractivity contribution in [3.63, 3.8) is 0 Å². The molecule has 1 aliphatic carbocycles. The number of nitrogens with zero attached hydrogens (tertiary/aromatic N) is 2. The molecule has 6 nitrogen and oxygen atoms in total. The van der Waals surface area contributed by atoms with Crippen LogP contribution in [0.3, 0.4) is 0 Å². The molecule has 1 aromatic heterocycles. The van der Waals surface area contributed by atoms with Crippen molar-refractivity contribution < 1.29 is 14.3 Å². The van der Waals surface area contributed by atoms with E-state index in [1.807, 2.05) is 0 Å². The summed E-state index contributed by atoms with van der Waals surface area (Å²) in [5, 5.41) is 3.75. The van der Waals surface area contributed by atoms with Crippen LogP contribution >= 0.6 is 11.6 Å². The minimum atomic E-state index is -0.120. The summed E-state index contributed by atoms with van der Waals surface area (Å²) >= 11 is 6.06. The topological polar surface area (TPSA) is 73.3 Å². The van der Waals surface area contributed by atoms with Gasteiger partial charge in [0.15, 0.2) is 5.82 Å². The number of nitrogens with one attached hydrogen (secondary N) is 1. The van der Waals surface area contributed by atoms with Crippen molar-refractivity contribution >= 4 is 23.4 Å². The summed E-state index contributed by atoms with van der Waals surface area (Å²) in [7, 11) is 2.94. The maximum Gasteiger partial charge on any atom is 0.318 e. The molecule has 0 saturated heterocycles. The lowest BCUT2D eigenvalue weighted by Crippen LogP contribution is -2.30. The summed E-state index contributed by atoms with van der Waals surface area (Å²) in [6.07, 6.45) is 4.88. The smallest absolute Gasteiger partial charge is 0.318 e. The van der Waals surface area contributed by atoms with E-state index in [0.29, 0.717) is 10.8 Å². The van der Waals surface area contributed by atoms with E-state index in [4.69, 9.17) is 21.1 Å². The number of rotatable bonds is 4. The predicted octanol–water partition coefficient (Wildman–Crippen LogP) is 2.28. The predicted molar refractivity (Wildman–Crippen MR) is 75.0 cm³/mol. The third kappa shape index (κ3) is 3.50. The van der Waals surface area contributed by atoms with E-state index in [-0.39, 0.29) is 23.9 Å². The van der Waals surface area contributed by atoms with E-state index < -0.39 is 0 Å². The summed E-state index contributed by atoms with van der Waals surface area (Å²) in [6.45, 7) is 0. The van der Waals surface area contributed by atoms with Crippen molar-refractivity contribution in [1.82, 2.24) is 9.97 Å². The molecule has 0 atom stereocenters. The first kappa shape index (κ1) is 14.8. The molecule has 20 heavy (non-hydrogen) atoms. The lowest BCUT2D eigenvalue weighted by atomic mass is 9.86. The van der Waals surface area contributed by atoms with Crippen LogP contribution in [-0.4, -0.2) is 36.2 Å². The van der Waals surface area contributed by atoms with Crippen molar-refractivity contribution in [3.05, 3.63) is 11.2 Å². The van der Waals surface area contributed by atoms with E-state index in [9.17, 15) is 4.79 Å². The second-order valence-corrected chi connectivity index (χ2v) is 5.18. The number of halogens is 1. The van der Waals surface area contributed by atoms with Gasteiger partial charge in [0.2, 0.25) is 0 Å². The first-order valence-electron chi connectivity index (χ1n) is 6.55. The monoisotopic (exact) mass is 299 g/mol. The number of ether oxygens (including phenoxy) is 2. The Hall–Kier alpha value is -1.56. The Bertz CT molecular complexity index is 476. The van der Waals surface area contributed by atoms with Crippen molar-refractivity contribution in [3.8, 4) is 6.01 Å². The molecule has 0 bridgehead atoms. The minimum Gasteiger partial charge on any atom is -0.469 e. The quantitative estimate of drug-likeness (QED) is 0.860. The average Bonchev–Trinajstić information content (AvgIpc) is 2.49. The highest BCUT2D eigenvalue weighted by Crippen LogP contribution is 2.29. The van der Waals surface area contributed by atoms with Gasteiger partial charge < -0.3 is 14.8 Å². The molecule has 0 unspecified atom stereocenters. The highest BCUT2D eigenvalue weighted by Gasteiger charge is 2.27. The molecule has 0 spiro atoms. The van der Waals surface area contributed by atoms with Crippen molar-refractivity contribution in [1.29, 1.82) is 0 Å². The van der Waals surface area contributed by atoms with Gasteiger partial charge in [-0.15, -0.1) is 0 Å². The van der Waals surface area contributed by atoms with Crippen LogP contribution in [0.2, 0.25) is 5.02 Å². The van der Waals surface area contributed by atoms with Crippen LogP contribution in [0.4, 0.5) is 5.82 Å². The highest BCUT2D eigenvalue weighted by atomic mass is 35.5. The van der Waals surface area contributed by atoms with Gasteiger partial charge in [-0.25, -0.2) is 4.98 Å². The second-order valence-electron chi connectivity index (χ2n) is 4.77. The van der Waals surface area contributed by atoms with E-state index in [1.165, 1.54) is 20.4 Å². The maximum atomic E-state index is 11.5. The van der Waals surface area contributed by atoms with Crippen molar-refractivity contribution in [2.45, 2.75) is 31.7 Å². The van der Waals surface area contributed by atoms with Crippen LogP contribution in [0.1, 0.15) is 25.7 Å². The Morgan fingerprint density at radius 2 is 2.05 bits per heavy atom. The Labute approximate surface area is 122 Å². The third-order valence-electron chi connectivity index (χ3n) is 3.51. The lowest BCUT2D eigenvalue weighted by Gasteiger charge is -2.28. The summed E-state index contributed by atoms with van der Waals surface area (Å²) in [6, 6.07) is 0.521. The van der Waals surface area contributed by atoms with Crippen LogP contribution in [-0.2, 0) is 9.53 Å². The molecule has 1 aromatic rings. The summed E-state index contributed by atoms with van der Waals surface area (Å²) in [5.41, 5.74) is 0. The lowest BCUT2D eigenvalue weighted by molar-refractivity contribution is -0.146. The normalized spacial score (nSPS) is 22.1. The van der Waals surface area contributed by atoms with Crippen LogP contribution in [0.25, 0.3) is 0 Å². The molecule has 1 aliphatic rings. The molecular weight excluding hydrogens is 282 g/mol. The van der Waals surface area contributed by atoms with Gasteiger partial charge in [-0.1, -0.05) is 11.6 Å². The number of hydrogen-bond acceptors (Lipinski definition) is 6. The number of anilines is 1. The molecule has 2 rings (SSSR count). The van der Waals surface area contributed by atoms with Gasteiger partial charge in [0, 0.05) is 6.04 Å². The molecule has 110 valence electrons.